The highest BCUT2D eigenvalue weighted by Crippen LogP contribution is 2.36. The summed E-state index contributed by atoms with van der Waals surface area (Å²) in [5.74, 6) is 7.04. The molecule has 6 aromatic rings. The number of nitrogens with zero attached hydrogens (tertiary/aromatic N) is 6. The van der Waals surface area contributed by atoms with Crippen molar-refractivity contribution in [1.82, 2.24) is 49.8 Å². The van der Waals surface area contributed by atoms with Gasteiger partial charge in [0.15, 0.2) is 4.96 Å². The molecular weight excluding hydrogens is 761 g/mol. The van der Waals surface area contributed by atoms with Gasteiger partial charge in [0.1, 0.15) is 35.1 Å². The average molecular weight is 801 g/mol. The number of likely N-dealkylation sites (tertiary alicyclic amines) is 2. The van der Waals surface area contributed by atoms with Crippen molar-refractivity contribution < 1.29 is 28.7 Å². The first-order valence-electron chi connectivity index (χ1n) is 18.8. The molecule has 0 aliphatic carbocycles. The maximum Gasteiger partial charge on any atom is 0.407 e. The largest absolute Gasteiger partial charge is 0.453 e. The second kappa shape index (κ2) is 16.7. The molecule has 2 aliphatic heterocycles. The van der Waals surface area contributed by atoms with E-state index in [1.165, 1.54) is 25.6 Å². The predicted molar refractivity (Wildman–Crippen MR) is 212 cm³/mol. The van der Waals surface area contributed by atoms with Gasteiger partial charge >= 0.3 is 12.2 Å². The molecule has 0 saturated carbocycles. The third kappa shape index (κ3) is 7.86. The Morgan fingerprint density at radius 3 is 1.86 bits per heavy atom. The lowest BCUT2D eigenvalue weighted by molar-refractivity contribution is -0.135. The molecule has 58 heavy (non-hydrogen) atoms. The van der Waals surface area contributed by atoms with Crippen LogP contribution in [-0.2, 0) is 19.1 Å². The Morgan fingerprint density at radius 2 is 1.31 bits per heavy atom. The monoisotopic (exact) mass is 800 g/mol. The minimum Gasteiger partial charge on any atom is -0.453 e. The molecule has 4 atom stereocenters. The fourth-order valence-corrected chi connectivity index (χ4v) is 8.42. The Labute approximate surface area is 337 Å². The van der Waals surface area contributed by atoms with E-state index in [0.29, 0.717) is 53.7 Å². The number of methoxy groups -OCH3 is 2. The number of carbonyl (C=O) groups excluding carboxylic acids is 4. The zero-order valence-electron chi connectivity index (χ0n) is 31.7. The van der Waals surface area contributed by atoms with Crippen LogP contribution in [0.1, 0.15) is 84.0 Å². The van der Waals surface area contributed by atoms with Crippen LogP contribution in [0.25, 0.3) is 15.5 Å². The van der Waals surface area contributed by atoms with Crippen LogP contribution in [0.2, 0.25) is 0 Å². The van der Waals surface area contributed by atoms with Crippen LogP contribution < -0.4 is 10.6 Å². The molecule has 2 aliphatic rings. The number of carbonyl (C=O) groups is 4. The van der Waals surface area contributed by atoms with Crippen molar-refractivity contribution in [3.63, 3.8) is 0 Å². The fourth-order valence-electron chi connectivity index (χ4n) is 7.49. The number of hydrogen-bond acceptors (Lipinski definition) is 10. The van der Waals surface area contributed by atoms with Gasteiger partial charge in [0, 0.05) is 25.5 Å². The molecule has 0 radical (unpaired) electrons. The van der Waals surface area contributed by atoms with Crippen molar-refractivity contribution in [3.05, 3.63) is 120 Å². The summed E-state index contributed by atoms with van der Waals surface area (Å²) in [5.41, 5.74) is 3.28. The van der Waals surface area contributed by atoms with Gasteiger partial charge in [0.2, 0.25) is 0 Å². The number of imidazole rings is 3. The summed E-state index contributed by atoms with van der Waals surface area (Å²) < 4.78 is 11.5. The van der Waals surface area contributed by atoms with Crippen molar-refractivity contribution >= 4 is 40.3 Å². The number of nitrogens with one attached hydrogen (secondary N) is 4. The average Bonchev–Trinajstić information content (AvgIpc) is 4.11. The summed E-state index contributed by atoms with van der Waals surface area (Å²) >= 11 is 1.48. The van der Waals surface area contributed by atoms with Crippen LogP contribution in [0, 0.1) is 11.8 Å². The number of H-pyrrole nitrogens is 2. The molecule has 2 fully saturated rings. The summed E-state index contributed by atoms with van der Waals surface area (Å²) in [6.07, 6.45) is 8.86. The van der Waals surface area contributed by atoms with Crippen molar-refractivity contribution in [1.29, 1.82) is 0 Å². The minimum atomic E-state index is -0.904. The van der Waals surface area contributed by atoms with Gasteiger partial charge in [-0.05, 0) is 48.7 Å². The van der Waals surface area contributed by atoms with Crippen LogP contribution in [-0.4, -0.2) is 90.4 Å². The van der Waals surface area contributed by atoms with E-state index in [1.54, 1.807) is 46.5 Å². The van der Waals surface area contributed by atoms with Gasteiger partial charge in [0.25, 0.3) is 11.8 Å². The quantitative estimate of drug-likeness (QED) is 0.138. The molecule has 4 amide bonds. The minimum absolute atomic E-state index is 0.232. The van der Waals surface area contributed by atoms with Gasteiger partial charge in [-0.1, -0.05) is 72.0 Å². The summed E-state index contributed by atoms with van der Waals surface area (Å²) in [6, 6.07) is 15.8. The second-order valence-corrected chi connectivity index (χ2v) is 14.9. The molecule has 2 aromatic carbocycles. The van der Waals surface area contributed by atoms with E-state index in [-0.39, 0.29) is 23.9 Å². The fraction of sp³-hybridized carbons (Fsp3) is 0.293. The van der Waals surface area contributed by atoms with Gasteiger partial charge < -0.3 is 39.9 Å². The Balaban J connectivity index is 0.939. The van der Waals surface area contributed by atoms with Gasteiger partial charge in [-0.2, -0.15) is 0 Å². The molecule has 1 unspecified atom stereocenters. The van der Waals surface area contributed by atoms with Gasteiger partial charge in [0.05, 0.1) is 49.3 Å². The molecule has 0 bridgehead atoms. The van der Waals surface area contributed by atoms with Crippen LogP contribution in [0.4, 0.5) is 9.59 Å². The number of rotatable bonds is 9. The lowest BCUT2D eigenvalue weighted by Crippen LogP contribution is -2.42. The molecular formula is C41H40N10O6S. The first kappa shape index (κ1) is 38.0. The maximum atomic E-state index is 13.9. The zero-order valence-corrected chi connectivity index (χ0v) is 32.5. The maximum absolute atomic E-state index is 13.9. The van der Waals surface area contributed by atoms with E-state index >= 15 is 0 Å². The van der Waals surface area contributed by atoms with E-state index in [4.69, 9.17) is 14.5 Å². The van der Waals surface area contributed by atoms with E-state index < -0.39 is 24.3 Å². The number of fused-ring (bicyclic) bond motifs is 1. The predicted octanol–water partition coefficient (Wildman–Crippen LogP) is 5.43. The Hall–Kier alpha value is -6.93. The summed E-state index contributed by atoms with van der Waals surface area (Å²) in [4.78, 5) is 77.9. The van der Waals surface area contributed by atoms with Crippen LogP contribution in [0.15, 0.2) is 85.5 Å². The number of ether oxygens (including phenoxy) is 2. The lowest BCUT2D eigenvalue weighted by Gasteiger charge is -2.28. The van der Waals surface area contributed by atoms with Crippen molar-refractivity contribution in [2.75, 3.05) is 27.3 Å². The highest BCUT2D eigenvalue weighted by Gasteiger charge is 2.38. The van der Waals surface area contributed by atoms with E-state index in [1.807, 2.05) is 53.2 Å². The first-order chi connectivity index (χ1) is 28.3. The number of benzene rings is 2. The van der Waals surface area contributed by atoms with E-state index in [9.17, 15) is 19.2 Å². The van der Waals surface area contributed by atoms with E-state index in [0.717, 1.165) is 34.8 Å². The van der Waals surface area contributed by atoms with Gasteiger partial charge in [-0.3, -0.25) is 14.0 Å². The SMILES string of the molecule is COC(=O)N[C@@H](C(=O)N1CCCC1c1ncc(-c2cn3cc(C#Cc4cnc([C@@H]5CCCN5C(=O)[C@H](NC(=O)OC)c5ccccc5)[nH]4)nc3s2)[nH]1)c1ccccc1. The third-order valence-electron chi connectivity index (χ3n) is 10.3. The normalized spacial score (nSPS) is 17.3. The lowest BCUT2D eigenvalue weighted by atomic mass is 10.1. The number of hydrogen-bond donors (Lipinski definition) is 4. The molecule has 8 rings (SSSR count). The Morgan fingerprint density at radius 1 is 0.759 bits per heavy atom. The number of alkyl carbamates (subject to hydrolysis) is 2. The molecule has 16 nitrogen and oxygen atoms in total. The highest BCUT2D eigenvalue weighted by atomic mass is 32.1. The highest BCUT2D eigenvalue weighted by molar-refractivity contribution is 7.20. The number of aromatic amines is 2. The third-order valence-corrected chi connectivity index (χ3v) is 11.3. The summed E-state index contributed by atoms with van der Waals surface area (Å²) in [7, 11) is 2.54. The molecule has 4 aromatic heterocycles. The van der Waals surface area contributed by atoms with Gasteiger partial charge in [-0.25, -0.2) is 24.5 Å². The molecule has 17 heteroatoms. The van der Waals surface area contributed by atoms with Crippen molar-refractivity contribution in [3.8, 4) is 22.4 Å². The first-order valence-corrected chi connectivity index (χ1v) is 19.6. The molecule has 4 N–H and O–H groups in total. The number of aromatic nitrogens is 6. The number of thiazole rings is 1. The molecule has 0 spiro atoms. The topological polar surface area (TPSA) is 192 Å². The second-order valence-electron chi connectivity index (χ2n) is 13.9. The van der Waals surface area contributed by atoms with Crippen LogP contribution >= 0.6 is 11.3 Å². The molecule has 2 saturated heterocycles. The molecule has 6 heterocycles. The molecule has 296 valence electrons. The van der Waals surface area contributed by atoms with Crippen molar-refractivity contribution in [2.24, 2.45) is 0 Å². The zero-order chi connectivity index (χ0) is 40.2. The standard InChI is InChI=1S/C41H40N10O6S/c1-56-40(54)47-33(25-11-5-3-6-12-25)37(52)50-19-9-15-30(50)35-42-21-27(44-35)17-18-28-23-49-24-32(58-39(49)45-28)29-22-43-36(46-29)31-16-10-20-51(31)38(53)34(48-41(55)57-2)26-13-7-4-8-14-26/h3-8,11-14,21-24,30-31,33-34H,9-10,15-16,19-20H2,1-2H3,(H,42,44)(H,43,46)(H,47,54)(H,48,55)/t30-,31?,33+,34+/m0/s1. The Kier molecular flexibility index (Phi) is 10.9. The van der Waals surface area contributed by atoms with Crippen molar-refractivity contribution in [2.45, 2.75) is 49.9 Å². The number of amides is 4. The van der Waals surface area contributed by atoms with Crippen LogP contribution in [0.5, 0.6) is 0 Å². The smallest absolute Gasteiger partial charge is 0.407 e. The van der Waals surface area contributed by atoms with Crippen LogP contribution in [0.3, 0.4) is 0 Å². The summed E-state index contributed by atoms with van der Waals surface area (Å²) in [5, 5.41) is 5.38. The Bertz CT molecular complexity index is 2470. The van der Waals surface area contributed by atoms with Gasteiger partial charge in [-0.15, -0.1) is 0 Å². The van der Waals surface area contributed by atoms with E-state index in [2.05, 4.69) is 42.4 Å². The summed E-state index contributed by atoms with van der Waals surface area (Å²) in [6.45, 7) is 1.06.